The molecule has 1 aromatic carbocycles. The van der Waals surface area contributed by atoms with E-state index >= 15 is 0 Å². The first-order chi connectivity index (χ1) is 17.9. The third kappa shape index (κ3) is 4.66. The normalized spacial score (nSPS) is 30.0. The lowest BCUT2D eigenvalue weighted by atomic mass is 9.74. The molecule has 0 bridgehead atoms. The van der Waals surface area contributed by atoms with Gasteiger partial charge in [-0.3, -0.25) is 19.3 Å². The van der Waals surface area contributed by atoms with Crippen LogP contribution in [0.1, 0.15) is 66.8 Å². The number of β-amino-alcohol motifs (C(OH)–C–C–N with tert-alkyl or cyclic N) is 1. The number of amides is 2. The Kier molecular flexibility index (Phi) is 6.71. The van der Waals surface area contributed by atoms with Gasteiger partial charge >= 0.3 is 0 Å². The lowest BCUT2D eigenvalue weighted by Crippen LogP contribution is -2.47. The highest BCUT2D eigenvalue weighted by atomic mass is 16.5. The van der Waals surface area contributed by atoms with Crippen molar-refractivity contribution in [2.75, 3.05) is 44.2 Å². The van der Waals surface area contributed by atoms with E-state index in [1.807, 2.05) is 12.1 Å². The number of carbonyl (C=O) groups excluding carboxylic acids is 3. The standard InChI is InChI=1S/C28H38N4O5/c29-27(35)20-9-8-19(31-12-10-30(11-13-31)18-6-7-18)14-21(20)24(17-4-2-1-3-5-17)28(36)32-15-22(33)26-25(32)23(34)16-37-26/h8-9,14,17-18,22,24-26,33H,1-7,10-13,15-16H2,(H2,29,35)/t22-,24+,25-,26-/m1/s1. The number of rotatable bonds is 6. The summed E-state index contributed by atoms with van der Waals surface area (Å²) in [7, 11) is 0. The maximum absolute atomic E-state index is 14.3. The number of carbonyl (C=O) groups is 3. The molecule has 2 amide bonds. The van der Waals surface area contributed by atoms with Gasteiger partial charge in [-0.1, -0.05) is 19.3 Å². The molecule has 5 aliphatic rings. The van der Waals surface area contributed by atoms with E-state index in [1.165, 1.54) is 17.7 Å². The highest BCUT2D eigenvalue weighted by Gasteiger charge is 2.53. The second kappa shape index (κ2) is 10.0. The number of fused-ring (bicyclic) bond motifs is 1. The first-order valence-electron chi connectivity index (χ1n) is 14.0. The number of Topliss-reactive ketones (excluding diaryl/α,β-unsaturated/α-hetero) is 1. The summed E-state index contributed by atoms with van der Waals surface area (Å²) in [6.45, 7) is 3.82. The van der Waals surface area contributed by atoms with Gasteiger partial charge in [0.15, 0.2) is 5.78 Å². The highest BCUT2D eigenvalue weighted by Crippen LogP contribution is 2.42. The Bertz CT molecular complexity index is 1060. The molecule has 3 saturated heterocycles. The zero-order valence-electron chi connectivity index (χ0n) is 21.4. The Morgan fingerprint density at radius 3 is 2.43 bits per heavy atom. The Hall–Kier alpha value is -2.49. The van der Waals surface area contributed by atoms with E-state index in [1.54, 1.807) is 6.07 Å². The lowest BCUT2D eigenvalue weighted by Gasteiger charge is -2.38. The second-order valence-corrected chi connectivity index (χ2v) is 11.5. The molecule has 9 nitrogen and oxygen atoms in total. The van der Waals surface area contributed by atoms with Gasteiger partial charge in [-0.05, 0) is 55.4 Å². The van der Waals surface area contributed by atoms with Crippen LogP contribution < -0.4 is 10.6 Å². The van der Waals surface area contributed by atoms with Crippen LogP contribution in [-0.2, 0) is 14.3 Å². The Labute approximate surface area is 217 Å². The SMILES string of the molecule is NC(=O)c1ccc(N2CCN(C3CC3)CC2)cc1[C@@H](C(=O)N1C[C@@H](O)[C@H]2OCC(=O)[C@H]21)C1CCCCC1. The molecule has 200 valence electrons. The van der Waals surface area contributed by atoms with Crippen molar-refractivity contribution in [3.63, 3.8) is 0 Å². The van der Waals surface area contributed by atoms with Gasteiger partial charge in [-0.2, -0.15) is 0 Å². The number of nitrogens with zero attached hydrogens (tertiary/aromatic N) is 3. The molecular formula is C28H38N4O5. The number of ketones is 1. The number of aliphatic hydroxyl groups excluding tert-OH is 1. The van der Waals surface area contributed by atoms with Crippen molar-refractivity contribution in [3.05, 3.63) is 29.3 Å². The van der Waals surface area contributed by atoms with Gasteiger partial charge in [0, 0.05) is 43.5 Å². The minimum atomic E-state index is -0.892. The van der Waals surface area contributed by atoms with Gasteiger partial charge in [0.05, 0.1) is 12.5 Å². The summed E-state index contributed by atoms with van der Waals surface area (Å²) < 4.78 is 5.52. The number of ether oxygens (including phenoxy) is 1. The summed E-state index contributed by atoms with van der Waals surface area (Å²) >= 11 is 0. The molecule has 3 heterocycles. The molecule has 3 aliphatic heterocycles. The first-order valence-corrected chi connectivity index (χ1v) is 14.0. The number of hydrogen-bond acceptors (Lipinski definition) is 7. The molecule has 3 N–H and O–H groups in total. The van der Waals surface area contributed by atoms with Gasteiger partial charge in [0.1, 0.15) is 24.9 Å². The Morgan fingerprint density at radius 1 is 1.03 bits per heavy atom. The quantitative estimate of drug-likeness (QED) is 0.592. The van der Waals surface area contributed by atoms with Gasteiger partial charge < -0.3 is 25.4 Å². The van der Waals surface area contributed by atoms with Crippen molar-refractivity contribution in [1.82, 2.24) is 9.80 Å². The van der Waals surface area contributed by atoms with E-state index < -0.39 is 30.1 Å². The van der Waals surface area contributed by atoms with Crippen LogP contribution in [0.2, 0.25) is 0 Å². The molecule has 37 heavy (non-hydrogen) atoms. The fourth-order valence-corrected chi connectivity index (χ4v) is 7.11. The predicted octanol–water partition coefficient (Wildman–Crippen LogP) is 1.27. The summed E-state index contributed by atoms with van der Waals surface area (Å²) in [5.41, 5.74) is 7.89. The molecule has 0 radical (unpaired) electrons. The first kappa shape index (κ1) is 24.8. The molecule has 5 fully saturated rings. The van der Waals surface area contributed by atoms with E-state index in [0.29, 0.717) is 11.1 Å². The summed E-state index contributed by atoms with van der Waals surface area (Å²) in [6.07, 6.45) is 5.98. The number of piperazine rings is 1. The number of aliphatic hydroxyl groups is 1. The van der Waals surface area contributed by atoms with Crippen LogP contribution in [0.25, 0.3) is 0 Å². The zero-order chi connectivity index (χ0) is 25.7. The Morgan fingerprint density at radius 2 is 1.76 bits per heavy atom. The van der Waals surface area contributed by atoms with E-state index in [9.17, 15) is 19.5 Å². The van der Waals surface area contributed by atoms with Crippen LogP contribution in [-0.4, -0.2) is 96.1 Å². The third-order valence-corrected chi connectivity index (χ3v) is 9.21. The van der Waals surface area contributed by atoms with E-state index in [-0.39, 0.29) is 30.8 Å². The van der Waals surface area contributed by atoms with Crippen molar-refractivity contribution in [2.24, 2.45) is 11.7 Å². The number of primary amides is 1. The van der Waals surface area contributed by atoms with E-state index in [4.69, 9.17) is 10.5 Å². The number of hydrogen-bond donors (Lipinski definition) is 2. The van der Waals surface area contributed by atoms with Gasteiger partial charge in [-0.25, -0.2) is 0 Å². The Balaban J connectivity index is 1.35. The number of nitrogens with two attached hydrogens (primary N) is 1. The second-order valence-electron chi connectivity index (χ2n) is 11.5. The minimum absolute atomic E-state index is 0.0509. The largest absolute Gasteiger partial charge is 0.388 e. The molecule has 4 atom stereocenters. The van der Waals surface area contributed by atoms with E-state index in [2.05, 4.69) is 9.80 Å². The van der Waals surface area contributed by atoms with Crippen LogP contribution in [0.15, 0.2) is 18.2 Å². The molecule has 0 spiro atoms. The summed E-state index contributed by atoms with van der Waals surface area (Å²) in [4.78, 5) is 46.0. The van der Waals surface area contributed by atoms with Crippen LogP contribution in [0.3, 0.4) is 0 Å². The number of likely N-dealkylation sites (tertiary alicyclic amines) is 1. The van der Waals surface area contributed by atoms with Crippen molar-refractivity contribution >= 4 is 23.3 Å². The predicted molar refractivity (Wildman–Crippen MR) is 137 cm³/mol. The summed E-state index contributed by atoms with van der Waals surface area (Å²) in [6, 6.07) is 5.70. The van der Waals surface area contributed by atoms with Crippen LogP contribution in [0.5, 0.6) is 0 Å². The fraction of sp³-hybridized carbons (Fsp3) is 0.679. The monoisotopic (exact) mass is 510 g/mol. The van der Waals surface area contributed by atoms with E-state index in [0.717, 1.165) is 70.0 Å². The zero-order valence-corrected chi connectivity index (χ0v) is 21.4. The highest BCUT2D eigenvalue weighted by molar-refractivity contribution is 5.99. The average Bonchev–Trinajstić information content (AvgIpc) is 3.61. The minimum Gasteiger partial charge on any atom is -0.388 e. The van der Waals surface area contributed by atoms with Crippen LogP contribution in [0.4, 0.5) is 5.69 Å². The number of anilines is 1. The molecule has 0 aromatic heterocycles. The van der Waals surface area contributed by atoms with Gasteiger partial charge in [0.2, 0.25) is 11.8 Å². The average molecular weight is 511 g/mol. The summed E-state index contributed by atoms with van der Waals surface area (Å²) in [5, 5.41) is 10.6. The van der Waals surface area contributed by atoms with Crippen LogP contribution >= 0.6 is 0 Å². The molecule has 2 aliphatic carbocycles. The smallest absolute Gasteiger partial charge is 0.249 e. The van der Waals surface area contributed by atoms with Crippen molar-refractivity contribution in [3.8, 4) is 0 Å². The van der Waals surface area contributed by atoms with Crippen molar-refractivity contribution < 1.29 is 24.2 Å². The molecule has 2 saturated carbocycles. The molecule has 0 unspecified atom stereocenters. The van der Waals surface area contributed by atoms with Crippen molar-refractivity contribution in [2.45, 2.75) is 75.2 Å². The maximum Gasteiger partial charge on any atom is 0.249 e. The topological polar surface area (TPSA) is 116 Å². The molecule has 6 rings (SSSR count). The maximum atomic E-state index is 14.3. The van der Waals surface area contributed by atoms with Crippen molar-refractivity contribution in [1.29, 1.82) is 0 Å². The third-order valence-electron chi connectivity index (χ3n) is 9.21. The van der Waals surface area contributed by atoms with Crippen LogP contribution in [0, 0.1) is 5.92 Å². The number of benzene rings is 1. The molecule has 9 heteroatoms. The lowest BCUT2D eigenvalue weighted by molar-refractivity contribution is -0.139. The molecular weight excluding hydrogens is 472 g/mol. The fourth-order valence-electron chi connectivity index (χ4n) is 7.11. The van der Waals surface area contributed by atoms with Gasteiger partial charge in [-0.15, -0.1) is 0 Å². The molecule has 1 aromatic rings. The summed E-state index contributed by atoms with van der Waals surface area (Å²) in [5.74, 6) is -1.46. The van der Waals surface area contributed by atoms with Gasteiger partial charge in [0.25, 0.3) is 0 Å².